The van der Waals surface area contributed by atoms with Crippen LogP contribution < -0.4 is 5.32 Å². The number of hydrogen-bond acceptors (Lipinski definition) is 2. The summed E-state index contributed by atoms with van der Waals surface area (Å²) in [6.45, 7) is 1.20. The first-order valence-electron chi connectivity index (χ1n) is 5.56. The third-order valence-electron chi connectivity index (χ3n) is 3.05. The summed E-state index contributed by atoms with van der Waals surface area (Å²) in [5.74, 6) is 1.21. The second-order valence-corrected chi connectivity index (χ2v) is 4.14. The minimum atomic E-state index is 0. The van der Waals surface area contributed by atoms with E-state index in [9.17, 15) is 0 Å². The van der Waals surface area contributed by atoms with Gasteiger partial charge in [-0.3, -0.25) is 0 Å². The van der Waals surface area contributed by atoms with Gasteiger partial charge < -0.3 is 9.88 Å². The molecule has 5 heteroatoms. The number of hydrogen-bond donors (Lipinski definition) is 1. The number of piperidine rings is 1. The number of halogens is 2. The molecule has 3 nitrogen and oxygen atoms in total. The SMILES string of the molecule is Cl.Cl.Cn1ccnc1CCC1CCCCN1. The van der Waals surface area contributed by atoms with Crippen molar-refractivity contribution in [1.29, 1.82) is 0 Å². The highest BCUT2D eigenvalue weighted by Gasteiger charge is 2.12. The number of aryl methyl sites for hydroxylation is 2. The minimum absolute atomic E-state index is 0. The van der Waals surface area contributed by atoms with Gasteiger partial charge in [0.2, 0.25) is 0 Å². The lowest BCUT2D eigenvalue weighted by atomic mass is 10.0. The summed E-state index contributed by atoms with van der Waals surface area (Å²) in [4.78, 5) is 4.34. The Balaban J connectivity index is 0.00000112. The second-order valence-electron chi connectivity index (χ2n) is 4.14. The summed E-state index contributed by atoms with van der Waals surface area (Å²) in [5, 5.41) is 3.56. The van der Waals surface area contributed by atoms with Crippen molar-refractivity contribution >= 4 is 24.8 Å². The molecule has 1 fully saturated rings. The molecule has 1 N–H and O–H groups in total. The van der Waals surface area contributed by atoms with Crippen LogP contribution in [0.25, 0.3) is 0 Å². The highest BCUT2D eigenvalue weighted by Crippen LogP contribution is 2.12. The monoisotopic (exact) mass is 265 g/mol. The Morgan fingerprint density at radius 3 is 2.81 bits per heavy atom. The summed E-state index contributed by atoms with van der Waals surface area (Å²) >= 11 is 0. The standard InChI is InChI=1S/C11H19N3.2ClH/c1-14-9-8-13-11(14)6-5-10-4-2-3-7-12-10;;/h8-10,12H,2-7H2,1H3;2*1H. The Morgan fingerprint density at radius 1 is 1.44 bits per heavy atom. The number of nitrogens with zero attached hydrogens (tertiary/aromatic N) is 2. The summed E-state index contributed by atoms with van der Waals surface area (Å²) in [6.07, 6.45) is 10.3. The van der Waals surface area contributed by atoms with Crippen LogP contribution in [0.1, 0.15) is 31.5 Å². The van der Waals surface area contributed by atoms with E-state index < -0.39 is 0 Å². The molecular formula is C11H21Cl2N3. The molecule has 0 amide bonds. The summed E-state index contributed by atoms with van der Waals surface area (Å²) < 4.78 is 2.11. The smallest absolute Gasteiger partial charge is 0.108 e. The first-order chi connectivity index (χ1) is 6.86. The molecule has 1 unspecified atom stereocenters. The Morgan fingerprint density at radius 2 is 2.25 bits per heavy atom. The zero-order valence-corrected chi connectivity index (χ0v) is 11.3. The zero-order chi connectivity index (χ0) is 9.80. The third-order valence-corrected chi connectivity index (χ3v) is 3.05. The van der Waals surface area contributed by atoms with Gasteiger partial charge in [-0.05, 0) is 25.8 Å². The maximum Gasteiger partial charge on any atom is 0.108 e. The van der Waals surface area contributed by atoms with E-state index in [0.717, 1.165) is 12.5 Å². The molecule has 0 aliphatic carbocycles. The molecule has 1 aliphatic heterocycles. The third kappa shape index (κ3) is 4.32. The van der Waals surface area contributed by atoms with Gasteiger partial charge in [0, 0.05) is 31.9 Å². The lowest BCUT2D eigenvalue weighted by Gasteiger charge is -2.23. The Kier molecular flexibility index (Phi) is 7.81. The van der Waals surface area contributed by atoms with Crippen molar-refractivity contribution in [1.82, 2.24) is 14.9 Å². The lowest BCUT2D eigenvalue weighted by molar-refractivity contribution is 0.380. The fourth-order valence-electron chi connectivity index (χ4n) is 2.11. The molecule has 94 valence electrons. The summed E-state index contributed by atoms with van der Waals surface area (Å²) in [7, 11) is 2.07. The van der Waals surface area contributed by atoms with E-state index in [-0.39, 0.29) is 24.8 Å². The van der Waals surface area contributed by atoms with Gasteiger partial charge in [0.05, 0.1) is 0 Å². The van der Waals surface area contributed by atoms with Gasteiger partial charge in [-0.25, -0.2) is 4.98 Å². The summed E-state index contributed by atoms with van der Waals surface area (Å²) in [5.41, 5.74) is 0. The first-order valence-corrected chi connectivity index (χ1v) is 5.56. The van der Waals surface area contributed by atoms with Crippen LogP contribution in [-0.4, -0.2) is 22.1 Å². The van der Waals surface area contributed by atoms with Gasteiger partial charge in [-0.1, -0.05) is 6.42 Å². The van der Waals surface area contributed by atoms with Crippen LogP contribution in [0.2, 0.25) is 0 Å². The molecule has 1 aliphatic rings. The molecule has 0 spiro atoms. The fraction of sp³-hybridized carbons (Fsp3) is 0.727. The van der Waals surface area contributed by atoms with Gasteiger partial charge in [-0.15, -0.1) is 24.8 Å². The normalized spacial score (nSPS) is 19.7. The number of nitrogens with one attached hydrogen (secondary N) is 1. The lowest BCUT2D eigenvalue weighted by Crippen LogP contribution is -2.34. The Hall–Kier alpha value is -0.250. The molecule has 1 atom stereocenters. The number of rotatable bonds is 3. The zero-order valence-electron chi connectivity index (χ0n) is 9.69. The van der Waals surface area contributed by atoms with Crippen LogP contribution >= 0.6 is 24.8 Å². The van der Waals surface area contributed by atoms with Crippen molar-refractivity contribution in [3.05, 3.63) is 18.2 Å². The topological polar surface area (TPSA) is 29.9 Å². The van der Waals surface area contributed by atoms with Gasteiger partial charge >= 0.3 is 0 Å². The van der Waals surface area contributed by atoms with Gasteiger partial charge in [0.1, 0.15) is 5.82 Å². The molecule has 2 heterocycles. The van der Waals surface area contributed by atoms with E-state index in [4.69, 9.17) is 0 Å². The molecule has 2 rings (SSSR count). The highest BCUT2D eigenvalue weighted by molar-refractivity contribution is 5.85. The molecule has 16 heavy (non-hydrogen) atoms. The van der Waals surface area contributed by atoms with Crippen LogP contribution in [-0.2, 0) is 13.5 Å². The van der Waals surface area contributed by atoms with Crippen LogP contribution in [0.3, 0.4) is 0 Å². The summed E-state index contributed by atoms with van der Waals surface area (Å²) in [6, 6.07) is 0.723. The van der Waals surface area contributed by atoms with Gasteiger partial charge in [0.15, 0.2) is 0 Å². The Labute approximate surface area is 110 Å². The molecule has 0 radical (unpaired) electrons. The fourth-order valence-corrected chi connectivity index (χ4v) is 2.11. The van der Waals surface area contributed by atoms with E-state index >= 15 is 0 Å². The molecule has 0 saturated carbocycles. The van der Waals surface area contributed by atoms with Crippen LogP contribution in [0.15, 0.2) is 12.4 Å². The quantitative estimate of drug-likeness (QED) is 0.910. The van der Waals surface area contributed by atoms with Crippen molar-refractivity contribution in [3.63, 3.8) is 0 Å². The van der Waals surface area contributed by atoms with Crippen LogP contribution in [0.4, 0.5) is 0 Å². The van der Waals surface area contributed by atoms with E-state index in [1.54, 1.807) is 0 Å². The van der Waals surface area contributed by atoms with Crippen molar-refractivity contribution in [3.8, 4) is 0 Å². The average molecular weight is 266 g/mol. The van der Waals surface area contributed by atoms with Crippen molar-refractivity contribution in [2.24, 2.45) is 7.05 Å². The Bertz CT molecular complexity index is 283. The largest absolute Gasteiger partial charge is 0.338 e. The predicted octanol–water partition coefficient (Wildman–Crippen LogP) is 2.34. The van der Waals surface area contributed by atoms with Crippen LogP contribution in [0, 0.1) is 0 Å². The van der Waals surface area contributed by atoms with Gasteiger partial charge in [-0.2, -0.15) is 0 Å². The van der Waals surface area contributed by atoms with Crippen molar-refractivity contribution < 1.29 is 0 Å². The van der Waals surface area contributed by atoms with Crippen LogP contribution in [0.5, 0.6) is 0 Å². The average Bonchev–Trinajstić information content (AvgIpc) is 2.63. The second kappa shape index (κ2) is 7.93. The minimum Gasteiger partial charge on any atom is -0.338 e. The van der Waals surface area contributed by atoms with Gasteiger partial charge in [0.25, 0.3) is 0 Å². The predicted molar refractivity (Wildman–Crippen MR) is 71.7 cm³/mol. The molecule has 1 aromatic rings. The highest BCUT2D eigenvalue weighted by atomic mass is 35.5. The number of imidazole rings is 1. The molecular weight excluding hydrogens is 245 g/mol. The van der Waals surface area contributed by atoms with E-state index in [2.05, 4.69) is 21.9 Å². The van der Waals surface area contributed by atoms with Crippen molar-refractivity contribution in [2.75, 3.05) is 6.54 Å². The maximum absolute atomic E-state index is 4.34. The molecule has 1 aromatic heterocycles. The van der Waals surface area contributed by atoms with E-state index in [1.165, 1.54) is 38.1 Å². The van der Waals surface area contributed by atoms with E-state index in [1.807, 2.05) is 12.4 Å². The maximum atomic E-state index is 4.34. The first kappa shape index (κ1) is 15.8. The molecule has 1 saturated heterocycles. The number of aromatic nitrogens is 2. The molecule has 0 bridgehead atoms. The molecule has 0 aromatic carbocycles. The van der Waals surface area contributed by atoms with Crippen molar-refractivity contribution in [2.45, 2.75) is 38.1 Å². The van der Waals surface area contributed by atoms with E-state index in [0.29, 0.717) is 0 Å².